The Morgan fingerprint density at radius 3 is 2.75 bits per heavy atom. The molecule has 1 rings (SSSR count). The van der Waals surface area contributed by atoms with Crippen LogP contribution in [0.1, 0.15) is 22.5 Å². The lowest BCUT2D eigenvalue weighted by Crippen LogP contribution is -2.30. The molecular formula is C11H15N3OS. The van der Waals surface area contributed by atoms with Crippen LogP contribution in [0.4, 0.5) is 0 Å². The molecule has 0 radical (unpaired) electrons. The zero-order valence-corrected chi connectivity index (χ0v) is 10.3. The largest absolute Gasteiger partial charge is 0.393 e. The molecule has 0 atom stereocenters. The fourth-order valence-corrected chi connectivity index (χ4v) is 1.29. The molecule has 0 unspecified atom stereocenters. The molecule has 2 N–H and O–H groups in total. The van der Waals surface area contributed by atoms with E-state index in [1.54, 1.807) is 24.2 Å². The molecule has 0 aromatic carbocycles. The average molecular weight is 237 g/mol. The lowest BCUT2D eigenvalue weighted by atomic mass is 10.2. The van der Waals surface area contributed by atoms with E-state index in [2.05, 4.69) is 4.98 Å². The first-order valence-corrected chi connectivity index (χ1v) is 5.38. The SMILES string of the molecule is Cc1ccc(C(=O)N(C)CCC(N)=S)cn1. The zero-order chi connectivity index (χ0) is 12.1. The predicted octanol–water partition coefficient (Wildman–Crippen LogP) is 1.14. The topological polar surface area (TPSA) is 59.2 Å². The van der Waals surface area contributed by atoms with Gasteiger partial charge in [0.1, 0.15) is 0 Å². The van der Waals surface area contributed by atoms with Crippen LogP contribution in [-0.2, 0) is 0 Å². The Bertz CT molecular complexity index is 389. The van der Waals surface area contributed by atoms with Gasteiger partial charge in [0.25, 0.3) is 5.91 Å². The van der Waals surface area contributed by atoms with Gasteiger partial charge in [-0.3, -0.25) is 9.78 Å². The molecule has 86 valence electrons. The highest BCUT2D eigenvalue weighted by Gasteiger charge is 2.11. The molecule has 1 aromatic rings. The number of nitrogens with zero attached hydrogens (tertiary/aromatic N) is 2. The summed E-state index contributed by atoms with van der Waals surface area (Å²) in [6, 6.07) is 3.58. The predicted molar refractivity (Wildman–Crippen MR) is 67.3 cm³/mol. The summed E-state index contributed by atoms with van der Waals surface area (Å²) in [5.41, 5.74) is 6.85. The summed E-state index contributed by atoms with van der Waals surface area (Å²) in [7, 11) is 1.72. The molecule has 5 heteroatoms. The Labute approximate surface area is 100 Å². The zero-order valence-electron chi connectivity index (χ0n) is 9.43. The van der Waals surface area contributed by atoms with Crippen molar-refractivity contribution in [2.75, 3.05) is 13.6 Å². The van der Waals surface area contributed by atoms with Crippen LogP contribution in [0.25, 0.3) is 0 Å². The molecule has 1 amide bonds. The third-order valence-corrected chi connectivity index (χ3v) is 2.40. The van der Waals surface area contributed by atoms with Gasteiger partial charge in [0, 0.05) is 31.9 Å². The summed E-state index contributed by atoms with van der Waals surface area (Å²) in [4.78, 5) is 18.0. The Kier molecular flexibility index (Phi) is 4.37. The van der Waals surface area contributed by atoms with Gasteiger partial charge in [-0.05, 0) is 19.1 Å². The number of aromatic nitrogens is 1. The second-order valence-electron chi connectivity index (χ2n) is 3.63. The minimum Gasteiger partial charge on any atom is -0.393 e. The van der Waals surface area contributed by atoms with Crippen LogP contribution in [0.2, 0.25) is 0 Å². The van der Waals surface area contributed by atoms with Crippen molar-refractivity contribution in [3.05, 3.63) is 29.6 Å². The summed E-state index contributed by atoms with van der Waals surface area (Å²) in [6.45, 7) is 2.41. The van der Waals surface area contributed by atoms with Crippen LogP contribution in [0, 0.1) is 6.92 Å². The van der Waals surface area contributed by atoms with Crippen molar-refractivity contribution in [1.82, 2.24) is 9.88 Å². The smallest absolute Gasteiger partial charge is 0.255 e. The van der Waals surface area contributed by atoms with Crippen molar-refractivity contribution < 1.29 is 4.79 Å². The summed E-state index contributed by atoms with van der Waals surface area (Å²) in [5, 5.41) is 0. The lowest BCUT2D eigenvalue weighted by Gasteiger charge is -2.16. The first-order valence-electron chi connectivity index (χ1n) is 4.97. The van der Waals surface area contributed by atoms with E-state index in [1.165, 1.54) is 0 Å². The van der Waals surface area contributed by atoms with Gasteiger partial charge in [-0.25, -0.2) is 0 Å². The highest BCUT2D eigenvalue weighted by molar-refractivity contribution is 7.80. The summed E-state index contributed by atoms with van der Waals surface area (Å²) in [5.74, 6) is -0.0660. The third-order valence-electron chi connectivity index (χ3n) is 2.20. The standard InChI is InChI=1S/C11H15N3OS/c1-8-3-4-9(7-13-8)11(15)14(2)6-5-10(12)16/h3-4,7H,5-6H2,1-2H3,(H2,12,16). The summed E-state index contributed by atoms with van der Waals surface area (Å²) >= 11 is 4.76. The van der Waals surface area contributed by atoms with Gasteiger partial charge >= 0.3 is 0 Å². The van der Waals surface area contributed by atoms with Crippen LogP contribution < -0.4 is 5.73 Å². The highest BCUT2D eigenvalue weighted by Crippen LogP contribution is 2.03. The van der Waals surface area contributed by atoms with Crippen LogP contribution in [0.5, 0.6) is 0 Å². The molecule has 0 saturated heterocycles. The number of carbonyl (C=O) groups is 1. The van der Waals surface area contributed by atoms with E-state index < -0.39 is 0 Å². The van der Waals surface area contributed by atoms with Gasteiger partial charge in [0.2, 0.25) is 0 Å². The molecule has 0 fully saturated rings. The lowest BCUT2D eigenvalue weighted by molar-refractivity contribution is 0.0798. The first kappa shape index (κ1) is 12.6. The fraction of sp³-hybridized carbons (Fsp3) is 0.364. The highest BCUT2D eigenvalue weighted by atomic mass is 32.1. The number of thiocarbonyl (C=S) groups is 1. The van der Waals surface area contributed by atoms with E-state index in [1.807, 2.05) is 13.0 Å². The number of hydrogen-bond acceptors (Lipinski definition) is 3. The minimum atomic E-state index is -0.0660. The number of aryl methyl sites for hydroxylation is 1. The number of hydrogen-bond donors (Lipinski definition) is 1. The molecule has 0 aliphatic carbocycles. The van der Waals surface area contributed by atoms with Crippen molar-refractivity contribution in [3.63, 3.8) is 0 Å². The Hall–Kier alpha value is -1.49. The maximum Gasteiger partial charge on any atom is 0.255 e. The van der Waals surface area contributed by atoms with Gasteiger partial charge in [-0.2, -0.15) is 0 Å². The molecule has 16 heavy (non-hydrogen) atoms. The van der Waals surface area contributed by atoms with Gasteiger partial charge in [-0.1, -0.05) is 12.2 Å². The maximum atomic E-state index is 11.9. The first-order chi connectivity index (χ1) is 7.50. The van der Waals surface area contributed by atoms with E-state index in [9.17, 15) is 4.79 Å². The number of nitrogens with two attached hydrogens (primary N) is 1. The maximum absolute atomic E-state index is 11.9. The normalized spacial score (nSPS) is 9.88. The van der Waals surface area contributed by atoms with E-state index in [0.29, 0.717) is 23.5 Å². The van der Waals surface area contributed by atoms with E-state index in [-0.39, 0.29) is 5.91 Å². The van der Waals surface area contributed by atoms with E-state index in [0.717, 1.165) is 5.69 Å². The number of amides is 1. The van der Waals surface area contributed by atoms with Crippen molar-refractivity contribution in [3.8, 4) is 0 Å². The Morgan fingerprint density at radius 2 is 2.25 bits per heavy atom. The van der Waals surface area contributed by atoms with E-state index >= 15 is 0 Å². The van der Waals surface area contributed by atoms with Gasteiger partial charge in [-0.15, -0.1) is 0 Å². The third kappa shape index (κ3) is 3.58. The van der Waals surface area contributed by atoms with Crippen LogP contribution in [0.3, 0.4) is 0 Å². The molecule has 0 aliphatic rings. The summed E-state index contributed by atoms with van der Waals surface area (Å²) in [6.07, 6.45) is 2.12. The summed E-state index contributed by atoms with van der Waals surface area (Å²) < 4.78 is 0. The molecule has 4 nitrogen and oxygen atoms in total. The van der Waals surface area contributed by atoms with Crippen LogP contribution >= 0.6 is 12.2 Å². The second-order valence-corrected chi connectivity index (χ2v) is 4.16. The van der Waals surface area contributed by atoms with Crippen LogP contribution in [-0.4, -0.2) is 34.4 Å². The molecular weight excluding hydrogens is 222 g/mol. The molecule has 0 spiro atoms. The molecule has 0 aliphatic heterocycles. The van der Waals surface area contributed by atoms with Crippen molar-refractivity contribution in [2.24, 2.45) is 5.73 Å². The molecule has 0 bridgehead atoms. The number of pyridine rings is 1. The molecule has 1 heterocycles. The molecule has 1 aromatic heterocycles. The Balaban J connectivity index is 2.63. The average Bonchev–Trinajstić information content (AvgIpc) is 2.26. The quantitative estimate of drug-likeness (QED) is 0.798. The second kappa shape index (κ2) is 5.55. The van der Waals surface area contributed by atoms with Crippen LogP contribution in [0.15, 0.2) is 18.3 Å². The Morgan fingerprint density at radius 1 is 1.56 bits per heavy atom. The monoisotopic (exact) mass is 237 g/mol. The van der Waals surface area contributed by atoms with Crippen molar-refractivity contribution in [1.29, 1.82) is 0 Å². The van der Waals surface area contributed by atoms with Gasteiger partial charge in [0.15, 0.2) is 0 Å². The van der Waals surface area contributed by atoms with E-state index in [4.69, 9.17) is 18.0 Å². The van der Waals surface area contributed by atoms with Gasteiger partial charge in [0.05, 0.1) is 10.6 Å². The van der Waals surface area contributed by atoms with Crippen molar-refractivity contribution >= 4 is 23.1 Å². The number of carbonyl (C=O) groups excluding carboxylic acids is 1. The molecule has 0 saturated carbocycles. The number of rotatable bonds is 4. The van der Waals surface area contributed by atoms with Crippen molar-refractivity contribution in [2.45, 2.75) is 13.3 Å². The fourth-order valence-electron chi connectivity index (χ4n) is 1.19. The van der Waals surface area contributed by atoms with Gasteiger partial charge < -0.3 is 10.6 Å². The minimum absolute atomic E-state index is 0.0660.